The fraction of sp³-hybridized carbons (Fsp3) is 0.316. The van der Waals surface area contributed by atoms with Gasteiger partial charge in [-0.25, -0.2) is 9.37 Å². The highest BCUT2D eigenvalue weighted by molar-refractivity contribution is 6.62. The van der Waals surface area contributed by atoms with Gasteiger partial charge in [0.2, 0.25) is 0 Å². The number of hydrogen-bond donors (Lipinski definition) is 1. The van der Waals surface area contributed by atoms with Crippen molar-refractivity contribution in [3.05, 3.63) is 53.5 Å². The monoisotopic (exact) mass is 367 g/mol. The first kappa shape index (κ1) is 19.0. The minimum atomic E-state index is -0.846. The van der Waals surface area contributed by atoms with Crippen LogP contribution in [0.15, 0.2) is 36.5 Å². The Balaban J connectivity index is 1.79. The molecule has 138 valence electrons. The number of carbonyl (C=O) groups excluding carboxylic acids is 1. The van der Waals surface area contributed by atoms with Crippen LogP contribution in [0.5, 0.6) is 0 Å². The summed E-state index contributed by atoms with van der Waals surface area (Å²) in [5, 5.41) is 11.4. The summed E-state index contributed by atoms with van der Waals surface area (Å²) in [5.74, 6) is -0.911. The third-order valence-electron chi connectivity index (χ3n) is 4.90. The number of rotatable bonds is 3. The summed E-state index contributed by atoms with van der Waals surface area (Å²) in [6.45, 7) is 7.54. The van der Waals surface area contributed by atoms with Gasteiger partial charge in [-0.05, 0) is 52.0 Å². The lowest BCUT2D eigenvalue weighted by Gasteiger charge is -2.32. The Morgan fingerprint density at radius 2 is 1.85 bits per heavy atom. The van der Waals surface area contributed by atoms with Crippen LogP contribution in [0.1, 0.15) is 43.6 Å². The molecule has 0 aliphatic carbocycles. The molecule has 6 nitrogen and oxygen atoms in total. The number of anilines is 1. The molecule has 1 saturated heterocycles. The van der Waals surface area contributed by atoms with Crippen molar-refractivity contribution in [1.29, 1.82) is 5.26 Å². The second-order valence-electron chi connectivity index (χ2n) is 7.32. The van der Waals surface area contributed by atoms with E-state index < -0.39 is 30.0 Å². The molecule has 0 radical (unpaired) electrons. The Kier molecular flexibility index (Phi) is 4.76. The van der Waals surface area contributed by atoms with Crippen molar-refractivity contribution < 1.29 is 18.5 Å². The van der Waals surface area contributed by atoms with Crippen LogP contribution >= 0.6 is 0 Å². The van der Waals surface area contributed by atoms with Crippen LogP contribution in [0, 0.1) is 17.1 Å². The molecule has 1 aliphatic heterocycles. The molecule has 2 aromatic rings. The molecule has 1 fully saturated rings. The standard InChI is InChI=1S/C19H19BFN3O3/c1-18(2)19(3,4)27-20(26-18)14-6-5-13(10-15(14)21)17(25)24-16-9-12(11-22)7-8-23-16/h5-10H,1-4H3,(H,23,24,25). The number of carbonyl (C=O) groups is 1. The van der Waals surface area contributed by atoms with E-state index in [1.165, 1.54) is 30.5 Å². The molecule has 1 aromatic carbocycles. The van der Waals surface area contributed by atoms with Gasteiger partial charge in [0.05, 0.1) is 22.8 Å². The molecular formula is C19H19BFN3O3. The summed E-state index contributed by atoms with van der Waals surface area (Å²) in [5.41, 5.74) is -0.455. The number of aromatic nitrogens is 1. The zero-order chi connectivity index (χ0) is 19.8. The predicted octanol–water partition coefficient (Wildman–Crippen LogP) is 2.64. The number of nitriles is 1. The minimum Gasteiger partial charge on any atom is -0.399 e. The van der Waals surface area contributed by atoms with Gasteiger partial charge in [-0.2, -0.15) is 5.26 Å². The number of nitrogens with one attached hydrogen (secondary N) is 1. The average Bonchev–Trinajstić information content (AvgIpc) is 2.82. The fourth-order valence-electron chi connectivity index (χ4n) is 2.59. The van der Waals surface area contributed by atoms with Crippen LogP contribution in [0.3, 0.4) is 0 Å². The summed E-state index contributed by atoms with van der Waals surface area (Å²) in [6.07, 6.45) is 1.41. The topological polar surface area (TPSA) is 84.2 Å². The van der Waals surface area contributed by atoms with Gasteiger partial charge in [0.1, 0.15) is 11.6 Å². The third kappa shape index (κ3) is 3.70. The van der Waals surface area contributed by atoms with Gasteiger partial charge < -0.3 is 14.6 Å². The molecular weight excluding hydrogens is 348 g/mol. The normalized spacial score (nSPS) is 17.4. The molecule has 1 aliphatic rings. The highest BCUT2D eigenvalue weighted by Crippen LogP contribution is 2.36. The SMILES string of the molecule is CC1(C)OB(c2ccc(C(=O)Nc3cc(C#N)ccn3)cc2F)OC1(C)C. The summed E-state index contributed by atoms with van der Waals surface area (Å²) in [4.78, 5) is 16.3. The van der Waals surface area contributed by atoms with E-state index in [1.807, 2.05) is 33.8 Å². The van der Waals surface area contributed by atoms with Gasteiger partial charge in [0, 0.05) is 17.2 Å². The van der Waals surface area contributed by atoms with Crippen molar-refractivity contribution in [2.45, 2.75) is 38.9 Å². The second kappa shape index (κ2) is 6.76. The van der Waals surface area contributed by atoms with Gasteiger partial charge in [0.25, 0.3) is 5.91 Å². The molecule has 8 heteroatoms. The number of hydrogen-bond acceptors (Lipinski definition) is 5. The minimum absolute atomic E-state index is 0.122. The average molecular weight is 367 g/mol. The van der Waals surface area contributed by atoms with E-state index in [4.69, 9.17) is 14.6 Å². The second-order valence-corrected chi connectivity index (χ2v) is 7.32. The van der Waals surface area contributed by atoms with E-state index in [0.717, 1.165) is 6.07 Å². The highest BCUT2D eigenvalue weighted by atomic mass is 19.1. The Morgan fingerprint density at radius 1 is 1.19 bits per heavy atom. The predicted molar refractivity (Wildman–Crippen MR) is 99.0 cm³/mol. The molecule has 0 unspecified atom stereocenters. The van der Waals surface area contributed by atoms with Crippen LogP contribution in [-0.2, 0) is 9.31 Å². The van der Waals surface area contributed by atoms with Crippen LogP contribution in [0.4, 0.5) is 10.2 Å². The Labute approximate surface area is 157 Å². The smallest absolute Gasteiger partial charge is 0.399 e. The largest absolute Gasteiger partial charge is 0.497 e. The lowest BCUT2D eigenvalue weighted by molar-refractivity contribution is 0.00578. The summed E-state index contributed by atoms with van der Waals surface area (Å²) >= 11 is 0. The lowest BCUT2D eigenvalue weighted by atomic mass is 9.78. The zero-order valence-electron chi connectivity index (χ0n) is 15.5. The number of nitrogens with zero attached hydrogens (tertiary/aromatic N) is 2. The van der Waals surface area contributed by atoms with Crippen molar-refractivity contribution in [2.24, 2.45) is 0 Å². The van der Waals surface area contributed by atoms with Crippen molar-refractivity contribution in [3.63, 3.8) is 0 Å². The Hall–Kier alpha value is -2.76. The summed E-state index contributed by atoms with van der Waals surface area (Å²) in [7, 11) is -0.846. The van der Waals surface area contributed by atoms with E-state index in [9.17, 15) is 9.18 Å². The van der Waals surface area contributed by atoms with Crippen LogP contribution < -0.4 is 10.8 Å². The maximum atomic E-state index is 14.6. The zero-order valence-corrected chi connectivity index (χ0v) is 15.5. The maximum absolute atomic E-state index is 14.6. The first-order valence-corrected chi connectivity index (χ1v) is 8.45. The molecule has 0 saturated carbocycles. The molecule has 1 N–H and O–H groups in total. The van der Waals surface area contributed by atoms with Crippen LogP contribution in [-0.4, -0.2) is 29.2 Å². The highest BCUT2D eigenvalue weighted by Gasteiger charge is 2.52. The molecule has 0 spiro atoms. The summed E-state index contributed by atoms with van der Waals surface area (Å²) < 4.78 is 26.3. The number of pyridine rings is 1. The van der Waals surface area contributed by atoms with Crippen molar-refractivity contribution in [2.75, 3.05) is 5.32 Å². The summed E-state index contributed by atoms with van der Waals surface area (Å²) in [6, 6.07) is 9.02. The Morgan fingerprint density at radius 3 is 2.44 bits per heavy atom. The van der Waals surface area contributed by atoms with E-state index in [0.29, 0.717) is 5.56 Å². The van der Waals surface area contributed by atoms with E-state index in [2.05, 4.69) is 10.3 Å². The molecule has 3 rings (SSSR count). The van der Waals surface area contributed by atoms with E-state index >= 15 is 0 Å². The van der Waals surface area contributed by atoms with Crippen molar-refractivity contribution in [1.82, 2.24) is 4.98 Å². The van der Waals surface area contributed by atoms with Crippen molar-refractivity contribution >= 4 is 24.3 Å². The quantitative estimate of drug-likeness (QED) is 0.844. The van der Waals surface area contributed by atoms with Gasteiger partial charge in [-0.1, -0.05) is 6.07 Å². The lowest BCUT2D eigenvalue weighted by Crippen LogP contribution is -2.41. The molecule has 0 atom stereocenters. The van der Waals surface area contributed by atoms with Crippen LogP contribution in [0.2, 0.25) is 0 Å². The molecule has 27 heavy (non-hydrogen) atoms. The number of amides is 1. The molecule has 0 bridgehead atoms. The van der Waals surface area contributed by atoms with Gasteiger partial charge in [-0.3, -0.25) is 4.79 Å². The van der Waals surface area contributed by atoms with E-state index in [-0.39, 0.29) is 16.8 Å². The van der Waals surface area contributed by atoms with Crippen LogP contribution in [0.25, 0.3) is 0 Å². The molecule has 1 amide bonds. The Bertz CT molecular complexity index is 924. The first-order valence-electron chi connectivity index (χ1n) is 8.45. The van der Waals surface area contributed by atoms with Gasteiger partial charge >= 0.3 is 7.12 Å². The third-order valence-corrected chi connectivity index (χ3v) is 4.90. The van der Waals surface area contributed by atoms with E-state index in [1.54, 1.807) is 0 Å². The molecule has 2 heterocycles. The van der Waals surface area contributed by atoms with Crippen molar-refractivity contribution in [3.8, 4) is 6.07 Å². The maximum Gasteiger partial charge on any atom is 0.497 e. The molecule has 1 aromatic heterocycles. The number of halogens is 1. The van der Waals surface area contributed by atoms with Gasteiger partial charge in [0.15, 0.2) is 0 Å². The number of benzene rings is 1. The first-order chi connectivity index (χ1) is 12.6. The van der Waals surface area contributed by atoms with Gasteiger partial charge in [-0.15, -0.1) is 0 Å². The fourth-order valence-corrected chi connectivity index (χ4v) is 2.59.